The Bertz CT molecular complexity index is 1190. The van der Waals surface area contributed by atoms with Gasteiger partial charge >= 0.3 is 0 Å². The number of rotatable bonds is 3. The van der Waals surface area contributed by atoms with E-state index in [0.717, 1.165) is 30.8 Å². The molecule has 1 aliphatic heterocycles. The van der Waals surface area contributed by atoms with Crippen LogP contribution < -0.4 is 0 Å². The Balaban J connectivity index is 1.33. The number of aliphatic imine (C=N–C) groups is 1. The topological polar surface area (TPSA) is 41.0 Å². The maximum atomic E-state index is 5.08. The van der Waals surface area contributed by atoms with Crippen molar-refractivity contribution in [2.75, 3.05) is 0 Å². The lowest BCUT2D eigenvalue weighted by atomic mass is 9.91. The van der Waals surface area contributed by atoms with E-state index in [1.807, 2.05) is 6.20 Å². The first-order valence-electron chi connectivity index (χ1n) is 11.4. The third-order valence-corrected chi connectivity index (χ3v) is 7.31. The minimum Gasteiger partial charge on any atom is -0.342 e. The molecule has 1 N–H and O–H groups in total. The van der Waals surface area contributed by atoms with Gasteiger partial charge in [0.25, 0.3) is 0 Å². The van der Waals surface area contributed by atoms with Crippen molar-refractivity contribution in [3.63, 3.8) is 0 Å². The molecule has 152 valence electrons. The highest BCUT2D eigenvalue weighted by Crippen LogP contribution is 2.47. The van der Waals surface area contributed by atoms with Crippen LogP contribution >= 0.6 is 0 Å². The molecule has 2 unspecified atom stereocenters. The van der Waals surface area contributed by atoms with E-state index in [9.17, 15) is 0 Å². The Morgan fingerprint density at radius 3 is 2.50 bits per heavy atom. The van der Waals surface area contributed by atoms with Crippen LogP contribution in [0.25, 0.3) is 22.4 Å². The van der Waals surface area contributed by atoms with E-state index in [1.54, 1.807) is 5.56 Å². The predicted octanol–water partition coefficient (Wildman–Crippen LogP) is 6.28. The normalized spacial score (nSPS) is 21.1. The average Bonchev–Trinajstić information content (AvgIpc) is 3.47. The van der Waals surface area contributed by atoms with Crippen molar-refractivity contribution in [2.24, 2.45) is 10.9 Å². The molecule has 3 aromatic rings. The Kier molecular flexibility index (Phi) is 3.87. The van der Waals surface area contributed by atoms with Gasteiger partial charge in [0.05, 0.1) is 17.9 Å². The minimum atomic E-state index is 0.416. The van der Waals surface area contributed by atoms with Crippen LogP contribution in [-0.4, -0.2) is 21.7 Å². The number of aromatic amines is 1. The Labute approximate surface area is 178 Å². The average molecular weight is 396 g/mol. The molecule has 0 bridgehead atoms. The first-order valence-corrected chi connectivity index (χ1v) is 11.4. The fourth-order valence-corrected chi connectivity index (χ4v) is 5.61. The molecule has 0 saturated heterocycles. The maximum absolute atomic E-state index is 5.08. The summed E-state index contributed by atoms with van der Waals surface area (Å²) in [5.41, 5.74) is 12.7. The van der Waals surface area contributed by atoms with Gasteiger partial charge in [-0.05, 0) is 70.2 Å². The van der Waals surface area contributed by atoms with Gasteiger partial charge in [-0.1, -0.05) is 52.0 Å². The molecule has 2 aliphatic carbocycles. The molecule has 6 rings (SSSR count). The highest BCUT2D eigenvalue weighted by atomic mass is 14.9. The smallest absolute Gasteiger partial charge is 0.109 e. The van der Waals surface area contributed by atoms with Crippen molar-refractivity contribution in [2.45, 2.75) is 64.8 Å². The van der Waals surface area contributed by atoms with Crippen molar-refractivity contribution < 1.29 is 0 Å². The quantitative estimate of drug-likeness (QED) is 0.436. The van der Waals surface area contributed by atoms with Crippen LogP contribution in [0.4, 0.5) is 0 Å². The fourth-order valence-electron chi connectivity index (χ4n) is 5.61. The van der Waals surface area contributed by atoms with Crippen LogP contribution in [0, 0.1) is 5.92 Å². The number of fused-ring (bicyclic) bond motifs is 6. The summed E-state index contributed by atoms with van der Waals surface area (Å²) >= 11 is 0. The van der Waals surface area contributed by atoms with E-state index in [-0.39, 0.29) is 0 Å². The van der Waals surface area contributed by atoms with Crippen LogP contribution in [0.5, 0.6) is 0 Å². The number of benzene rings is 2. The summed E-state index contributed by atoms with van der Waals surface area (Å²) in [5.74, 6) is 2.66. The summed E-state index contributed by atoms with van der Waals surface area (Å²) < 4.78 is 0. The molecular formula is C27H29N3. The van der Waals surface area contributed by atoms with Gasteiger partial charge in [0.2, 0.25) is 0 Å². The molecule has 1 aromatic heterocycles. The lowest BCUT2D eigenvalue weighted by Gasteiger charge is -2.12. The molecule has 0 amide bonds. The molecule has 3 nitrogen and oxygen atoms in total. The summed E-state index contributed by atoms with van der Waals surface area (Å²) in [6.07, 6.45) is 5.28. The van der Waals surface area contributed by atoms with Gasteiger partial charge in [0, 0.05) is 17.5 Å². The first kappa shape index (κ1) is 18.1. The summed E-state index contributed by atoms with van der Waals surface area (Å²) in [5, 5.41) is 0. The van der Waals surface area contributed by atoms with Crippen LogP contribution in [0.15, 0.2) is 41.5 Å². The zero-order valence-electron chi connectivity index (χ0n) is 18.3. The van der Waals surface area contributed by atoms with Crippen molar-refractivity contribution in [1.82, 2.24) is 9.97 Å². The largest absolute Gasteiger partial charge is 0.342 e. The molecule has 0 spiro atoms. The molecule has 3 heteroatoms. The van der Waals surface area contributed by atoms with Crippen molar-refractivity contribution in [3.8, 4) is 22.4 Å². The summed E-state index contributed by atoms with van der Waals surface area (Å²) in [6.45, 7) is 8.90. The highest BCUT2D eigenvalue weighted by Gasteiger charge is 2.39. The second-order valence-corrected chi connectivity index (χ2v) is 9.95. The van der Waals surface area contributed by atoms with Crippen molar-refractivity contribution >= 4 is 5.71 Å². The lowest BCUT2D eigenvalue weighted by molar-refractivity contribution is 0.632. The van der Waals surface area contributed by atoms with Gasteiger partial charge in [-0.3, -0.25) is 4.99 Å². The van der Waals surface area contributed by atoms with Crippen molar-refractivity contribution in [3.05, 3.63) is 64.6 Å². The molecule has 0 fully saturated rings. The van der Waals surface area contributed by atoms with Gasteiger partial charge in [-0.25, -0.2) is 4.98 Å². The number of hydrogen-bond acceptors (Lipinski definition) is 2. The van der Waals surface area contributed by atoms with Crippen LogP contribution in [0.3, 0.4) is 0 Å². The summed E-state index contributed by atoms with van der Waals surface area (Å²) in [4.78, 5) is 13.1. The molecule has 0 saturated carbocycles. The zero-order chi connectivity index (χ0) is 20.6. The SMILES string of the molecule is CC(C)C1=NC2Cc3cc4c(cc3C2C1)Cc1cc(-c2cnc(C(C)C)[nH]2)ccc1-4. The lowest BCUT2D eigenvalue weighted by Crippen LogP contribution is -2.07. The van der Waals surface area contributed by atoms with E-state index in [4.69, 9.17) is 4.99 Å². The number of H-pyrrole nitrogens is 1. The van der Waals surface area contributed by atoms with E-state index in [2.05, 4.69) is 68.0 Å². The third-order valence-electron chi connectivity index (χ3n) is 7.31. The minimum absolute atomic E-state index is 0.416. The predicted molar refractivity (Wildman–Crippen MR) is 123 cm³/mol. The summed E-state index contributed by atoms with van der Waals surface area (Å²) in [6, 6.07) is 12.4. The Morgan fingerprint density at radius 1 is 0.900 bits per heavy atom. The van der Waals surface area contributed by atoms with E-state index in [1.165, 1.54) is 39.1 Å². The van der Waals surface area contributed by atoms with Gasteiger partial charge in [0.1, 0.15) is 5.82 Å². The summed E-state index contributed by atoms with van der Waals surface area (Å²) in [7, 11) is 0. The van der Waals surface area contributed by atoms with E-state index >= 15 is 0 Å². The number of imidazole rings is 1. The molecular weight excluding hydrogens is 366 g/mol. The monoisotopic (exact) mass is 395 g/mol. The molecule has 2 heterocycles. The maximum Gasteiger partial charge on any atom is 0.109 e. The first-order chi connectivity index (χ1) is 14.5. The Morgan fingerprint density at radius 2 is 1.73 bits per heavy atom. The van der Waals surface area contributed by atoms with E-state index < -0.39 is 0 Å². The van der Waals surface area contributed by atoms with Gasteiger partial charge in [0.15, 0.2) is 0 Å². The second kappa shape index (κ2) is 6.41. The number of aromatic nitrogens is 2. The molecule has 30 heavy (non-hydrogen) atoms. The van der Waals surface area contributed by atoms with Crippen molar-refractivity contribution in [1.29, 1.82) is 0 Å². The molecule has 0 radical (unpaired) electrons. The van der Waals surface area contributed by atoms with Gasteiger partial charge in [-0.2, -0.15) is 0 Å². The molecule has 2 atom stereocenters. The van der Waals surface area contributed by atoms with Gasteiger partial charge in [-0.15, -0.1) is 0 Å². The Hall–Kier alpha value is -2.68. The third kappa shape index (κ3) is 2.64. The zero-order valence-corrected chi connectivity index (χ0v) is 18.3. The number of hydrogen-bond donors (Lipinski definition) is 1. The molecule has 3 aliphatic rings. The second-order valence-electron chi connectivity index (χ2n) is 9.95. The fraction of sp³-hybridized carbons (Fsp3) is 0.407. The number of nitrogens with one attached hydrogen (secondary N) is 1. The van der Waals surface area contributed by atoms with Crippen LogP contribution in [-0.2, 0) is 12.8 Å². The van der Waals surface area contributed by atoms with E-state index in [0.29, 0.717) is 23.8 Å². The van der Waals surface area contributed by atoms with Crippen LogP contribution in [0.2, 0.25) is 0 Å². The molecule has 2 aromatic carbocycles. The van der Waals surface area contributed by atoms with Crippen LogP contribution in [0.1, 0.15) is 74.0 Å². The number of nitrogens with zero attached hydrogens (tertiary/aromatic N) is 2. The standard InChI is InChI=1S/C27H29N3/c1-14(2)24-12-23-22-9-18-8-17-7-16(26-13-28-27(30-26)15(3)4)5-6-20(17)21(18)10-19(22)11-25(23)29-24/h5-7,9-10,13-15,23,25H,8,11-12H2,1-4H3,(H,28,30). The van der Waals surface area contributed by atoms with Gasteiger partial charge < -0.3 is 4.98 Å². The highest BCUT2D eigenvalue weighted by molar-refractivity contribution is 5.90.